The van der Waals surface area contributed by atoms with Crippen molar-refractivity contribution in [3.05, 3.63) is 59.7 Å². The lowest BCUT2D eigenvalue weighted by molar-refractivity contribution is 0.0969. The van der Waals surface area contributed by atoms with E-state index < -0.39 is 5.60 Å². The lowest BCUT2D eigenvalue weighted by atomic mass is 9.92. The highest BCUT2D eigenvalue weighted by Gasteiger charge is 2.27. The van der Waals surface area contributed by atoms with Crippen molar-refractivity contribution in [3.63, 3.8) is 0 Å². The summed E-state index contributed by atoms with van der Waals surface area (Å²) in [4.78, 5) is 8.03. The van der Waals surface area contributed by atoms with Crippen molar-refractivity contribution in [1.29, 1.82) is 5.26 Å². The van der Waals surface area contributed by atoms with Gasteiger partial charge in [0.2, 0.25) is 0 Å². The molecule has 4 heteroatoms. The first-order chi connectivity index (χ1) is 8.14. The van der Waals surface area contributed by atoms with Gasteiger partial charge >= 0.3 is 0 Å². The fourth-order valence-corrected chi connectivity index (χ4v) is 1.57. The Morgan fingerprint density at radius 2 is 1.94 bits per heavy atom. The second kappa shape index (κ2) is 4.32. The van der Waals surface area contributed by atoms with Crippen molar-refractivity contribution in [3.8, 4) is 6.07 Å². The average Bonchev–Trinajstić information content (AvgIpc) is 2.40. The van der Waals surface area contributed by atoms with Crippen LogP contribution >= 0.6 is 0 Å². The quantitative estimate of drug-likeness (QED) is 0.842. The van der Waals surface area contributed by atoms with E-state index in [-0.39, 0.29) is 0 Å². The Bertz CT molecular complexity index is 541. The first-order valence-corrected chi connectivity index (χ1v) is 5.14. The average molecular weight is 225 g/mol. The molecule has 2 rings (SSSR count). The highest BCUT2D eigenvalue weighted by atomic mass is 16.3. The summed E-state index contributed by atoms with van der Waals surface area (Å²) in [6.45, 7) is 1.65. The molecule has 0 aliphatic rings. The number of hydrogen-bond donors (Lipinski definition) is 1. The van der Waals surface area contributed by atoms with Gasteiger partial charge in [-0.25, -0.2) is 0 Å². The molecule has 4 nitrogen and oxygen atoms in total. The van der Waals surface area contributed by atoms with Gasteiger partial charge in [-0.3, -0.25) is 9.97 Å². The van der Waals surface area contributed by atoms with Gasteiger partial charge in [-0.15, -0.1) is 0 Å². The molecule has 0 saturated heterocycles. The van der Waals surface area contributed by atoms with Crippen LogP contribution < -0.4 is 0 Å². The van der Waals surface area contributed by atoms with Gasteiger partial charge in [0.05, 0.1) is 23.5 Å². The SMILES string of the molecule is CC(O)(c1ccc(C#N)cc1)c1cnccn1. The van der Waals surface area contributed by atoms with Gasteiger partial charge in [0, 0.05) is 12.4 Å². The molecule has 1 atom stereocenters. The van der Waals surface area contributed by atoms with Crippen LogP contribution in [0.5, 0.6) is 0 Å². The number of nitriles is 1. The van der Waals surface area contributed by atoms with E-state index in [1.165, 1.54) is 12.4 Å². The van der Waals surface area contributed by atoms with E-state index in [2.05, 4.69) is 9.97 Å². The summed E-state index contributed by atoms with van der Waals surface area (Å²) in [5.74, 6) is 0. The smallest absolute Gasteiger partial charge is 0.130 e. The minimum absolute atomic E-state index is 0.477. The molecule has 17 heavy (non-hydrogen) atoms. The Kier molecular flexibility index (Phi) is 2.86. The molecular formula is C13H11N3O. The van der Waals surface area contributed by atoms with Crippen LogP contribution in [0.15, 0.2) is 42.9 Å². The van der Waals surface area contributed by atoms with Gasteiger partial charge in [-0.05, 0) is 24.6 Å². The summed E-state index contributed by atoms with van der Waals surface area (Å²) in [5, 5.41) is 19.1. The van der Waals surface area contributed by atoms with E-state index in [4.69, 9.17) is 5.26 Å². The van der Waals surface area contributed by atoms with Gasteiger partial charge in [-0.2, -0.15) is 5.26 Å². The molecule has 0 aliphatic heterocycles. The second-order valence-corrected chi connectivity index (χ2v) is 3.85. The predicted octanol–water partition coefficient (Wildman–Crippen LogP) is 1.60. The molecule has 2 aromatic rings. The third-order valence-electron chi connectivity index (χ3n) is 2.64. The highest BCUT2D eigenvalue weighted by molar-refractivity contribution is 5.36. The summed E-state index contributed by atoms with van der Waals surface area (Å²) in [6.07, 6.45) is 4.62. The molecule has 0 radical (unpaired) electrons. The van der Waals surface area contributed by atoms with E-state index in [1.54, 1.807) is 37.4 Å². The maximum atomic E-state index is 10.4. The Morgan fingerprint density at radius 3 is 2.47 bits per heavy atom. The molecule has 1 unspecified atom stereocenters. The number of hydrogen-bond acceptors (Lipinski definition) is 4. The fraction of sp³-hybridized carbons (Fsp3) is 0.154. The molecule has 84 valence electrons. The maximum Gasteiger partial charge on any atom is 0.130 e. The molecule has 0 bridgehead atoms. The molecule has 0 fully saturated rings. The zero-order chi connectivity index (χ0) is 12.3. The zero-order valence-corrected chi connectivity index (χ0v) is 9.33. The first kappa shape index (κ1) is 11.2. The van der Waals surface area contributed by atoms with E-state index in [0.29, 0.717) is 16.8 Å². The summed E-state index contributed by atoms with van der Waals surface area (Å²) in [6, 6.07) is 8.80. The van der Waals surface area contributed by atoms with Crippen LogP contribution in [0.25, 0.3) is 0 Å². The Labute approximate surface area is 99.2 Å². The van der Waals surface area contributed by atoms with Gasteiger partial charge in [0.25, 0.3) is 0 Å². The Balaban J connectivity index is 2.41. The van der Waals surface area contributed by atoms with E-state index in [9.17, 15) is 5.11 Å². The lowest BCUT2D eigenvalue weighted by Gasteiger charge is -2.22. The second-order valence-electron chi connectivity index (χ2n) is 3.85. The number of rotatable bonds is 2. The number of nitrogens with zero attached hydrogens (tertiary/aromatic N) is 3. The summed E-state index contributed by atoms with van der Waals surface area (Å²) < 4.78 is 0. The minimum Gasteiger partial charge on any atom is -0.379 e. The molecule has 1 aromatic heterocycles. The lowest BCUT2D eigenvalue weighted by Crippen LogP contribution is -2.24. The molecule has 0 saturated carbocycles. The molecule has 0 amide bonds. The van der Waals surface area contributed by atoms with Crippen LogP contribution in [0.1, 0.15) is 23.7 Å². The Morgan fingerprint density at radius 1 is 1.24 bits per heavy atom. The standard InChI is InChI=1S/C13H11N3O/c1-13(17,12-9-15-6-7-16-12)11-4-2-10(8-14)3-5-11/h2-7,9,17H,1H3. The monoisotopic (exact) mass is 225 g/mol. The maximum absolute atomic E-state index is 10.4. The van der Waals surface area contributed by atoms with Crippen LogP contribution in [0.4, 0.5) is 0 Å². The van der Waals surface area contributed by atoms with Crippen LogP contribution in [0.2, 0.25) is 0 Å². The number of aliphatic hydroxyl groups is 1. The Hall–Kier alpha value is -2.25. The zero-order valence-electron chi connectivity index (χ0n) is 9.33. The molecule has 1 aromatic carbocycles. The fourth-order valence-electron chi connectivity index (χ4n) is 1.57. The van der Waals surface area contributed by atoms with Crippen molar-refractivity contribution in [2.75, 3.05) is 0 Å². The molecule has 0 spiro atoms. The third kappa shape index (κ3) is 2.14. The van der Waals surface area contributed by atoms with Crippen molar-refractivity contribution in [2.45, 2.75) is 12.5 Å². The van der Waals surface area contributed by atoms with Crippen LogP contribution in [0.3, 0.4) is 0 Å². The van der Waals surface area contributed by atoms with Crippen molar-refractivity contribution >= 4 is 0 Å². The highest BCUT2D eigenvalue weighted by Crippen LogP contribution is 2.26. The normalized spacial score (nSPS) is 13.7. The third-order valence-corrected chi connectivity index (χ3v) is 2.64. The number of aromatic nitrogens is 2. The summed E-state index contributed by atoms with van der Waals surface area (Å²) in [7, 11) is 0. The van der Waals surface area contributed by atoms with Crippen molar-refractivity contribution < 1.29 is 5.11 Å². The number of benzene rings is 1. The summed E-state index contributed by atoms with van der Waals surface area (Å²) in [5.41, 5.74) is 0.507. The molecule has 0 aliphatic carbocycles. The van der Waals surface area contributed by atoms with E-state index >= 15 is 0 Å². The van der Waals surface area contributed by atoms with Crippen LogP contribution in [-0.2, 0) is 5.60 Å². The first-order valence-electron chi connectivity index (χ1n) is 5.14. The van der Waals surface area contributed by atoms with Gasteiger partial charge < -0.3 is 5.11 Å². The largest absolute Gasteiger partial charge is 0.379 e. The van der Waals surface area contributed by atoms with Gasteiger partial charge in [0.1, 0.15) is 5.60 Å². The topological polar surface area (TPSA) is 69.8 Å². The van der Waals surface area contributed by atoms with Crippen molar-refractivity contribution in [2.24, 2.45) is 0 Å². The van der Waals surface area contributed by atoms with Crippen LogP contribution in [0, 0.1) is 11.3 Å². The summed E-state index contributed by atoms with van der Waals surface area (Å²) >= 11 is 0. The molecule has 1 heterocycles. The van der Waals surface area contributed by atoms with Crippen molar-refractivity contribution in [1.82, 2.24) is 9.97 Å². The van der Waals surface area contributed by atoms with Crippen LogP contribution in [-0.4, -0.2) is 15.1 Å². The predicted molar refractivity (Wildman–Crippen MR) is 61.9 cm³/mol. The minimum atomic E-state index is -1.21. The van der Waals surface area contributed by atoms with Gasteiger partial charge in [-0.1, -0.05) is 12.1 Å². The molecule has 1 N–H and O–H groups in total. The van der Waals surface area contributed by atoms with Gasteiger partial charge in [0.15, 0.2) is 0 Å². The van der Waals surface area contributed by atoms with E-state index in [0.717, 1.165) is 0 Å². The molecular weight excluding hydrogens is 214 g/mol. The van der Waals surface area contributed by atoms with E-state index in [1.807, 2.05) is 6.07 Å².